The Morgan fingerprint density at radius 3 is 2.71 bits per heavy atom. The van der Waals surface area contributed by atoms with Gasteiger partial charge in [0.15, 0.2) is 0 Å². The Hall–Kier alpha value is -2.18. The largest absolute Gasteiger partial charge is 0.481 e. The molecule has 114 valence electrons. The number of carbonyl (C=O) groups excluding carboxylic acids is 1. The average Bonchev–Trinajstić information content (AvgIpc) is 2.82. The summed E-state index contributed by atoms with van der Waals surface area (Å²) >= 11 is 0. The van der Waals surface area contributed by atoms with Gasteiger partial charge in [-0.3, -0.25) is 4.79 Å². The minimum absolute atomic E-state index is 0.0466. The monoisotopic (exact) mass is 298 g/mol. The van der Waals surface area contributed by atoms with E-state index in [0.29, 0.717) is 6.54 Å². The summed E-state index contributed by atoms with van der Waals surface area (Å²) in [6.45, 7) is 2.06. The molecule has 2 rings (SSSR count). The van der Waals surface area contributed by atoms with E-state index in [1.54, 1.807) is 6.92 Å². The topological polar surface area (TPSA) is 69.6 Å². The van der Waals surface area contributed by atoms with Gasteiger partial charge in [-0.25, -0.2) is 13.6 Å². The molecular weight excluding hydrogens is 282 g/mol. The zero-order chi connectivity index (χ0) is 15.6. The van der Waals surface area contributed by atoms with Gasteiger partial charge in [0.1, 0.15) is 11.6 Å². The molecule has 0 radical (unpaired) electrons. The molecule has 1 aromatic carbocycles. The molecule has 0 aromatic heterocycles. The third kappa shape index (κ3) is 3.48. The highest BCUT2D eigenvalue weighted by Gasteiger charge is 2.36. The van der Waals surface area contributed by atoms with Gasteiger partial charge in [-0.15, -0.1) is 0 Å². The van der Waals surface area contributed by atoms with Crippen LogP contribution in [0.4, 0.5) is 13.6 Å². The Morgan fingerprint density at radius 2 is 2.10 bits per heavy atom. The lowest BCUT2D eigenvalue weighted by Crippen LogP contribution is -2.38. The number of hydrogen-bond acceptors (Lipinski definition) is 2. The van der Waals surface area contributed by atoms with Crippen LogP contribution in [0.25, 0.3) is 0 Å². The first kappa shape index (κ1) is 15.2. The van der Waals surface area contributed by atoms with Crippen LogP contribution in [-0.2, 0) is 11.3 Å². The maximum absolute atomic E-state index is 13.4. The van der Waals surface area contributed by atoms with Crippen molar-refractivity contribution in [2.75, 3.05) is 13.1 Å². The molecule has 0 aliphatic carbocycles. The standard InChI is InChI=1S/C14H16F2N2O3/c1-8-6-18(7-11(8)13(19)20)14(21)17-5-9-4-10(15)2-3-12(9)16/h2-4,8,11H,5-7H2,1H3,(H,17,21)(H,19,20). The predicted octanol–water partition coefficient (Wildman–Crippen LogP) is 1.83. The fourth-order valence-corrected chi connectivity index (χ4v) is 2.42. The minimum Gasteiger partial charge on any atom is -0.481 e. The molecule has 1 fully saturated rings. The molecule has 0 saturated carbocycles. The van der Waals surface area contributed by atoms with E-state index in [1.807, 2.05) is 0 Å². The molecule has 2 amide bonds. The number of hydrogen-bond donors (Lipinski definition) is 2. The second kappa shape index (κ2) is 6.07. The highest BCUT2D eigenvalue weighted by molar-refractivity contribution is 5.77. The van der Waals surface area contributed by atoms with E-state index in [4.69, 9.17) is 5.11 Å². The average molecular weight is 298 g/mol. The molecule has 1 saturated heterocycles. The van der Waals surface area contributed by atoms with E-state index < -0.39 is 29.6 Å². The van der Waals surface area contributed by atoms with Crippen LogP contribution >= 0.6 is 0 Å². The van der Waals surface area contributed by atoms with Gasteiger partial charge in [-0.05, 0) is 24.1 Å². The van der Waals surface area contributed by atoms with E-state index in [2.05, 4.69) is 5.32 Å². The van der Waals surface area contributed by atoms with Crippen LogP contribution in [-0.4, -0.2) is 35.1 Å². The Bertz CT molecular complexity index is 565. The van der Waals surface area contributed by atoms with Gasteiger partial charge in [-0.1, -0.05) is 6.92 Å². The van der Waals surface area contributed by atoms with Crippen LogP contribution in [0.2, 0.25) is 0 Å². The van der Waals surface area contributed by atoms with Crippen molar-refractivity contribution >= 4 is 12.0 Å². The Balaban J connectivity index is 1.94. The Kier molecular flexibility index (Phi) is 4.40. The molecule has 7 heteroatoms. The summed E-state index contributed by atoms with van der Waals surface area (Å²) < 4.78 is 26.4. The van der Waals surface area contributed by atoms with Crippen LogP contribution in [0, 0.1) is 23.5 Å². The van der Waals surface area contributed by atoms with Crippen LogP contribution in [0.1, 0.15) is 12.5 Å². The quantitative estimate of drug-likeness (QED) is 0.894. The van der Waals surface area contributed by atoms with Crippen molar-refractivity contribution in [3.05, 3.63) is 35.4 Å². The number of aliphatic carboxylic acids is 1. The molecule has 1 aliphatic rings. The SMILES string of the molecule is CC1CN(C(=O)NCc2cc(F)ccc2F)CC1C(=O)O. The van der Waals surface area contributed by atoms with Crippen molar-refractivity contribution in [2.45, 2.75) is 13.5 Å². The molecule has 0 bridgehead atoms. The smallest absolute Gasteiger partial charge is 0.317 e. The van der Waals surface area contributed by atoms with E-state index >= 15 is 0 Å². The van der Waals surface area contributed by atoms with E-state index in [0.717, 1.165) is 18.2 Å². The van der Waals surface area contributed by atoms with Gasteiger partial charge < -0.3 is 15.3 Å². The first-order valence-electron chi connectivity index (χ1n) is 6.58. The van der Waals surface area contributed by atoms with Crippen molar-refractivity contribution in [3.8, 4) is 0 Å². The highest BCUT2D eigenvalue weighted by atomic mass is 19.1. The molecule has 2 atom stereocenters. The minimum atomic E-state index is -0.936. The zero-order valence-electron chi connectivity index (χ0n) is 11.5. The van der Waals surface area contributed by atoms with Crippen LogP contribution < -0.4 is 5.32 Å². The van der Waals surface area contributed by atoms with E-state index in [9.17, 15) is 18.4 Å². The number of urea groups is 1. The normalized spacial score (nSPS) is 21.4. The van der Waals surface area contributed by atoms with Gasteiger partial charge in [0.2, 0.25) is 0 Å². The van der Waals surface area contributed by atoms with Crippen molar-refractivity contribution in [1.82, 2.24) is 10.2 Å². The van der Waals surface area contributed by atoms with Crippen LogP contribution in [0.15, 0.2) is 18.2 Å². The van der Waals surface area contributed by atoms with Gasteiger partial charge >= 0.3 is 12.0 Å². The van der Waals surface area contributed by atoms with Crippen molar-refractivity contribution in [3.63, 3.8) is 0 Å². The molecule has 1 heterocycles. The van der Waals surface area contributed by atoms with Crippen molar-refractivity contribution in [1.29, 1.82) is 0 Å². The molecule has 21 heavy (non-hydrogen) atoms. The maximum atomic E-state index is 13.4. The molecule has 1 aromatic rings. The molecule has 2 N–H and O–H groups in total. The number of carboxylic acids is 1. The molecule has 5 nitrogen and oxygen atoms in total. The predicted molar refractivity (Wildman–Crippen MR) is 70.5 cm³/mol. The van der Waals surface area contributed by atoms with Gasteiger partial charge in [0.05, 0.1) is 5.92 Å². The van der Waals surface area contributed by atoms with E-state index in [1.165, 1.54) is 4.90 Å². The van der Waals surface area contributed by atoms with Gasteiger partial charge in [-0.2, -0.15) is 0 Å². The number of benzene rings is 1. The first-order valence-corrected chi connectivity index (χ1v) is 6.58. The second-order valence-electron chi connectivity index (χ2n) is 5.22. The molecule has 0 spiro atoms. The van der Waals surface area contributed by atoms with Crippen LogP contribution in [0.3, 0.4) is 0 Å². The number of carbonyl (C=O) groups is 2. The number of carboxylic acid groups (broad SMARTS) is 1. The summed E-state index contributed by atoms with van der Waals surface area (Å²) in [5.74, 6) is -2.86. The summed E-state index contributed by atoms with van der Waals surface area (Å²) in [6, 6.07) is 2.53. The Labute approximate surface area is 120 Å². The fourth-order valence-electron chi connectivity index (χ4n) is 2.42. The third-order valence-corrected chi connectivity index (χ3v) is 3.65. The zero-order valence-corrected chi connectivity index (χ0v) is 11.5. The number of nitrogens with one attached hydrogen (secondary N) is 1. The summed E-state index contributed by atoms with van der Waals surface area (Å²) in [5.41, 5.74) is 0.0466. The lowest BCUT2D eigenvalue weighted by Gasteiger charge is -2.17. The summed E-state index contributed by atoms with van der Waals surface area (Å²) in [6.07, 6.45) is 0. The fraction of sp³-hybridized carbons (Fsp3) is 0.429. The van der Waals surface area contributed by atoms with Crippen molar-refractivity contribution in [2.24, 2.45) is 11.8 Å². The first-order chi connectivity index (χ1) is 9.88. The summed E-state index contributed by atoms with van der Waals surface area (Å²) in [4.78, 5) is 24.3. The number of halogens is 2. The lowest BCUT2D eigenvalue weighted by atomic mass is 9.99. The third-order valence-electron chi connectivity index (χ3n) is 3.65. The van der Waals surface area contributed by atoms with E-state index in [-0.39, 0.29) is 24.6 Å². The maximum Gasteiger partial charge on any atom is 0.317 e. The number of likely N-dealkylation sites (tertiary alicyclic amines) is 1. The van der Waals surface area contributed by atoms with Crippen LogP contribution in [0.5, 0.6) is 0 Å². The lowest BCUT2D eigenvalue weighted by molar-refractivity contribution is -0.142. The summed E-state index contributed by atoms with van der Waals surface area (Å²) in [5, 5.41) is 11.5. The summed E-state index contributed by atoms with van der Waals surface area (Å²) in [7, 11) is 0. The number of rotatable bonds is 3. The molecule has 1 aliphatic heterocycles. The van der Waals surface area contributed by atoms with Gasteiger partial charge in [0, 0.05) is 25.2 Å². The molecule has 2 unspecified atom stereocenters. The van der Waals surface area contributed by atoms with Crippen molar-refractivity contribution < 1.29 is 23.5 Å². The number of amides is 2. The highest BCUT2D eigenvalue weighted by Crippen LogP contribution is 2.23. The molecular formula is C14H16F2N2O3. The van der Waals surface area contributed by atoms with Gasteiger partial charge in [0.25, 0.3) is 0 Å². The number of nitrogens with zero attached hydrogens (tertiary/aromatic N) is 1. The second-order valence-corrected chi connectivity index (χ2v) is 5.22. The Morgan fingerprint density at radius 1 is 1.38 bits per heavy atom.